The lowest BCUT2D eigenvalue weighted by atomic mass is 10.1. The molecule has 1 unspecified atom stereocenters. The van der Waals surface area contributed by atoms with E-state index in [9.17, 15) is 0 Å². The molecule has 1 aliphatic heterocycles. The van der Waals surface area contributed by atoms with Crippen LogP contribution in [-0.4, -0.2) is 41.0 Å². The molecule has 0 bridgehead atoms. The molecule has 1 atom stereocenters. The summed E-state index contributed by atoms with van der Waals surface area (Å²) < 4.78 is 1.13. The van der Waals surface area contributed by atoms with Crippen LogP contribution in [0.5, 0.6) is 0 Å². The van der Waals surface area contributed by atoms with Crippen molar-refractivity contribution >= 4 is 21.9 Å². The first-order valence-electron chi connectivity index (χ1n) is 7.67. The number of hydrogen-bond donors (Lipinski definition) is 0. The van der Waals surface area contributed by atoms with Crippen molar-refractivity contribution in [2.75, 3.05) is 31.1 Å². The summed E-state index contributed by atoms with van der Waals surface area (Å²) in [5.41, 5.74) is 2.39. The Morgan fingerprint density at radius 3 is 2.36 bits per heavy atom. The number of aromatic nitrogens is 2. The van der Waals surface area contributed by atoms with Gasteiger partial charge in [0.15, 0.2) is 0 Å². The zero-order valence-corrected chi connectivity index (χ0v) is 14.6. The van der Waals surface area contributed by atoms with Gasteiger partial charge < -0.3 is 4.90 Å². The molecular formula is C17H21BrN4. The van der Waals surface area contributed by atoms with Crippen LogP contribution in [0.4, 0.5) is 5.95 Å². The molecule has 0 radical (unpaired) electrons. The van der Waals surface area contributed by atoms with Gasteiger partial charge in [-0.3, -0.25) is 4.90 Å². The topological polar surface area (TPSA) is 32.3 Å². The summed E-state index contributed by atoms with van der Waals surface area (Å²) in [5, 5.41) is 0. The second-order valence-corrected chi connectivity index (χ2v) is 6.66. The molecule has 1 saturated heterocycles. The fraction of sp³-hybridized carbons (Fsp3) is 0.412. The van der Waals surface area contributed by atoms with Gasteiger partial charge in [0, 0.05) is 48.6 Å². The Morgan fingerprint density at radius 1 is 1.05 bits per heavy atom. The molecule has 0 amide bonds. The zero-order chi connectivity index (χ0) is 15.5. The highest BCUT2D eigenvalue weighted by molar-refractivity contribution is 9.10. The van der Waals surface area contributed by atoms with E-state index in [1.807, 2.05) is 19.2 Å². The highest BCUT2D eigenvalue weighted by Crippen LogP contribution is 2.24. The highest BCUT2D eigenvalue weighted by atomic mass is 79.9. The first-order chi connectivity index (χ1) is 10.6. The van der Waals surface area contributed by atoms with Gasteiger partial charge in [-0.1, -0.05) is 28.1 Å². The van der Waals surface area contributed by atoms with E-state index in [0.29, 0.717) is 6.04 Å². The Kier molecular flexibility index (Phi) is 4.74. The summed E-state index contributed by atoms with van der Waals surface area (Å²) in [6.45, 7) is 8.32. The van der Waals surface area contributed by atoms with E-state index in [0.717, 1.165) is 42.3 Å². The summed E-state index contributed by atoms with van der Waals surface area (Å²) in [6.07, 6.45) is 1.84. The number of aryl methyl sites for hydroxylation is 1. The van der Waals surface area contributed by atoms with Gasteiger partial charge in [0.2, 0.25) is 5.95 Å². The predicted molar refractivity (Wildman–Crippen MR) is 93.1 cm³/mol. The largest absolute Gasteiger partial charge is 0.338 e. The van der Waals surface area contributed by atoms with Crippen LogP contribution in [0.2, 0.25) is 0 Å². The van der Waals surface area contributed by atoms with E-state index in [4.69, 9.17) is 0 Å². The number of hydrogen-bond acceptors (Lipinski definition) is 4. The highest BCUT2D eigenvalue weighted by Gasteiger charge is 2.23. The van der Waals surface area contributed by atoms with Gasteiger partial charge >= 0.3 is 0 Å². The van der Waals surface area contributed by atoms with Gasteiger partial charge in [0.1, 0.15) is 0 Å². The first kappa shape index (κ1) is 15.4. The summed E-state index contributed by atoms with van der Waals surface area (Å²) in [6, 6.07) is 11.0. The summed E-state index contributed by atoms with van der Waals surface area (Å²) >= 11 is 3.50. The maximum absolute atomic E-state index is 4.53. The van der Waals surface area contributed by atoms with Crippen LogP contribution in [0.25, 0.3) is 0 Å². The smallest absolute Gasteiger partial charge is 0.225 e. The molecule has 5 heteroatoms. The van der Waals surface area contributed by atoms with E-state index in [2.05, 4.69) is 66.9 Å². The molecule has 1 fully saturated rings. The second kappa shape index (κ2) is 6.75. The average molecular weight is 361 g/mol. The van der Waals surface area contributed by atoms with Gasteiger partial charge in [-0.2, -0.15) is 0 Å². The van der Waals surface area contributed by atoms with Gasteiger partial charge in [-0.15, -0.1) is 0 Å². The van der Waals surface area contributed by atoms with Crippen LogP contribution in [0.1, 0.15) is 24.2 Å². The van der Waals surface area contributed by atoms with Crippen LogP contribution in [0.15, 0.2) is 41.0 Å². The fourth-order valence-electron chi connectivity index (χ4n) is 2.85. The van der Waals surface area contributed by atoms with Gasteiger partial charge in [-0.05, 0) is 37.6 Å². The third-order valence-corrected chi connectivity index (χ3v) is 4.81. The van der Waals surface area contributed by atoms with E-state index in [1.54, 1.807) is 0 Å². The molecule has 0 aliphatic carbocycles. The van der Waals surface area contributed by atoms with Crippen molar-refractivity contribution in [3.05, 3.63) is 52.3 Å². The molecule has 2 aromatic rings. The SMILES string of the molecule is Cc1ccnc(N2CCN(C(C)c3ccc(Br)cc3)CC2)n1. The van der Waals surface area contributed by atoms with Crippen LogP contribution in [0, 0.1) is 6.92 Å². The summed E-state index contributed by atoms with van der Waals surface area (Å²) in [5.74, 6) is 0.857. The number of piperazine rings is 1. The Hall–Kier alpha value is -1.46. The molecule has 1 aliphatic rings. The van der Waals surface area contributed by atoms with Gasteiger partial charge in [0.25, 0.3) is 0 Å². The molecule has 4 nitrogen and oxygen atoms in total. The third-order valence-electron chi connectivity index (χ3n) is 4.28. The molecule has 3 rings (SSSR count). The Labute approximate surface area is 140 Å². The van der Waals surface area contributed by atoms with Crippen molar-refractivity contribution in [1.29, 1.82) is 0 Å². The van der Waals surface area contributed by atoms with E-state index >= 15 is 0 Å². The van der Waals surface area contributed by atoms with Crippen LogP contribution >= 0.6 is 15.9 Å². The summed E-state index contributed by atoms with van der Waals surface area (Å²) in [7, 11) is 0. The molecule has 1 aromatic heterocycles. The van der Waals surface area contributed by atoms with Crippen LogP contribution in [-0.2, 0) is 0 Å². The normalized spacial score (nSPS) is 17.5. The lowest BCUT2D eigenvalue weighted by molar-refractivity contribution is 0.198. The average Bonchev–Trinajstić information content (AvgIpc) is 2.55. The standard InChI is InChI=1S/C17H21BrN4/c1-13-7-8-19-17(20-13)22-11-9-21(10-12-22)14(2)15-3-5-16(18)6-4-15/h3-8,14H,9-12H2,1-2H3. The van der Waals surface area contributed by atoms with Crippen molar-refractivity contribution in [1.82, 2.24) is 14.9 Å². The van der Waals surface area contributed by atoms with E-state index < -0.39 is 0 Å². The van der Waals surface area contributed by atoms with Gasteiger partial charge in [0.05, 0.1) is 0 Å². The van der Waals surface area contributed by atoms with E-state index in [1.165, 1.54) is 5.56 Å². The molecule has 2 heterocycles. The minimum atomic E-state index is 0.439. The second-order valence-electron chi connectivity index (χ2n) is 5.75. The summed E-state index contributed by atoms with van der Waals surface area (Å²) in [4.78, 5) is 13.7. The van der Waals surface area contributed by atoms with E-state index in [-0.39, 0.29) is 0 Å². The lowest BCUT2D eigenvalue weighted by Crippen LogP contribution is -2.47. The zero-order valence-electron chi connectivity index (χ0n) is 13.0. The Balaban J connectivity index is 1.62. The number of nitrogens with zero attached hydrogens (tertiary/aromatic N) is 4. The third kappa shape index (κ3) is 3.47. The minimum absolute atomic E-state index is 0.439. The van der Waals surface area contributed by atoms with Crippen molar-refractivity contribution in [2.24, 2.45) is 0 Å². The maximum atomic E-state index is 4.53. The van der Waals surface area contributed by atoms with Gasteiger partial charge in [-0.25, -0.2) is 9.97 Å². The fourth-order valence-corrected chi connectivity index (χ4v) is 3.11. The van der Waals surface area contributed by atoms with Crippen molar-refractivity contribution in [2.45, 2.75) is 19.9 Å². The van der Waals surface area contributed by atoms with Crippen molar-refractivity contribution in [3.8, 4) is 0 Å². The molecule has 0 N–H and O–H groups in total. The Bertz CT molecular complexity index is 621. The minimum Gasteiger partial charge on any atom is -0.338 e. The lowest BCUT2D eigenvalue weighted by Gasteiger charge is -2.38. The van der Waals surface area contributed by atoms with Crippen molar-refractivity contribution < 1.29 is 0 Å². The van der Waals surface area contributed by atoms with Crippen LogP contribution < -0.4 is 4.90 Å². The number of halogens is 1. The van der Waals surface area contributed by atoms with Crippen molar-refractivity contribution in [3.63, 3.8) is 0 Å². The molecular weight excluding hydrogens is 340 g/mol. The monoisotopic (exact) mass is 360 g/mol. The molecule has 0 spiro atoms. The molecule has 116 valence electrons. The quantitative estimate of drug-likeness (QED) is 0.839. The Morgan fingerprint density at radius 2 is 1.73 bits per heavy atom. The predicted octanol–water partition coefficient (Wildman–Crippen LogP) is 3.43. The first-order valence-corrected chi connectivity index (χ1v) is 8.47. The molecule has 0 saturated carbocycles. The van der Waals surface area contributed by atoms with Crippen LogP contribution in [0.3, 0.4) is 0 Å². The number of anilines is 1. The maximum Gasteiger partial charge on any atom is 0.225 e. The molecule has 22 heavy (non-hydrogen) atoms. The number of benzene rings is 1. The number of rotatable bonds is 3. The molecule has 1 aromatic carbocycles.